The van der Waals surface area contributed by atoms with Gasteiger partial charge in [-0.15, -0.1) is 0 Å². The maximum Gasteiger partial charge on any atom is 0.289 e. The van der Waals surface area contributed by atoms with Crippen LogP contribution in [0.4, 0.5) is 0 Å². The highest BCUT2D eigenvalue weighted by Crippen LogP contribution is 2.08. The molecule has 0 aliphatic carbocycles. The molecule has 2 aromatic rings. The molecule has 0 bridgehead atoms. The Morgan fingerprint density at radius 1 is 0.805 bits per heavy atom. The van der Waals surface area contributed by atoms with Crippen LogP contribution in [0.1, 0.15) is 31.9 Å². The van der Waals surface area contributed by atoms with Gasteiger partial charge in [-0.25, -0.2) is 0 Å². The molecule has 10 nitrogen and oxygen atoms in total. The second-order valence-electron chi connectivity index (χ2n) is 10.1. The minimum absolute atomic E-state index is 0.175. The highest BCUT2D eigenvalue weighted by atomic mass is 16.2. The molecular weight excluding hydrogens is 522 g/mol. The number of benzene rings is 2. The largest absolute Gasteiger partial charge is 0.387 e. The van der Waals surface area contributed by atoms with Crippen molar-refractivity contribution in [1.29, 1.82) is 0 Å². The molecule has 1 aliphatic heterocycles. The number of carbonyl (C=O) groups excluding carboxylic acids is 5. The van der Waals surface area contributed by atoms with Crippen molar-refractivity contribution in [2.45, 2.75) is 51.9 Å². The smallest absolute Gasteiger partial charge is 0.289 e. The van der Waals surface area contributed by atoms with Crippen molar-refractivity contribution in [3.05, 3.63) is 95.7 Å². The fraction of sp³-hybridized carbons (Fsp3) is 0.323. The van der Waals surface area contributed by atoms with Crippen LogP contribution < -0.4 is 26.6 Å². The Balaban J connectivity index is 1.63. The number of rotatable bonds is 13. The van der Waals surface area contributed by atoms with Crippen molar-refractivity contribution in [3.63, 3.8) is 0 Å². The molecule has 1 heterocycles. The lowest BCUT2D eigenvalue weighted by Crippen LogP contribution is -2.57. The molecule has 4 amide bonds. The van der Waals surface area contributed by atoms with E-state index in [1.165, 1.54) is 6.92 Å². The van der Waals surface area contributed by atoms with Gasteiger partial charge in [0, 0.05) is 25.1 Å². The third kappa shape index (κ3) is 9.45. The van der Waals surface area contributed by atoms with Crippen LogP contribution in [0.15, 0.2) is 84.6 Å². The fourth-order valence-electron chi connectivity index (χ4n) is 4.12. The SMILES string of the molecule is CC(C)[C@H](NC(=O)[C@H](C)NC(=O)[C@@H](Cc1ccccc1)NC(=O)C1=CCNC=C1)C(=O)C(=O)NCc1ccccc1. The summed E-state index contributed by atoms with van der Waals surface area (Å²) in [6, 6.07) is 15.3. The van der Waals surface area contributed by atoms with E-state index in [1.54, 1.807) is 32.2 Å². The van der Waals surface area contributed by atoms with Gasteiger partial charge in [-0.3, -0.25) is 24.0 Å². The number of ketones is 1. The Labute approximate surface area is 240 Å². The average Bonchev–Trinajstić information content (AvgIpc) is 2.99. The normalized spacial score (nSPS) is 14.5. The Kier molecular flexibility index (Phi) is 11.4. The molecule has 0 spiro atoms. The molecule has 5 N–H and O–H groups in total. The monoisotopic (exact) mass is 559 g/mol. The first-order chi connectivity index (χ1) is 19.7. The van der Waals surface area contributed by atoms with Crippen LogP contribution in [0.3, 0.4) is 0 Å². The standard InChI is InChI=1S/C31H37N5O5/c1-20(2)26(27(37)31(41)33-19-23-12-8-5-9-13-23)36-28(38)21(3)34-30(40)25(18-22-10-6-4-7-11-22)35-29(39)24-14-16-32-17-15-24/h4-16,20-21,25-26,32H,17-19H2,1-3H3,(H,33,41)(H,34,40)(H,35,39)(H,36,38)/t21-,25+,26-/m0/s1. The Hall–Kier alpha value is -4.73. The minimum Gasteiger partial charge on any atom is -0.387 e. The van der Waals surface area contributed by atoms with Gasteiger partial charge < -0.3 is 26.6 Å². The highest BCUT2D eigenvalue weighted by molar-refractivity contribution is 6.38. The van der Waals surface area contributed by atoms with Gasteiger partial charge in [0.1, 0.15) is 12.1 Å². The van der Waals surface area contributed by atoms with Crippen LogP contribution in [0, 0.1) is 5.92 Å². The van der Waals surface area contributed by atoms with Gasteiger partial charge in [-0.05, 0) is 36.2 Å². The number of amides is 4. The van der Waals surface area contributed by atoms with Crippen LogP contribution in [0.2, 0.25) is 0 Å². The van der Waals surface area contributed by atoms with Gasteiger partial charge in [-0.1, -0.05) is 80.6 Å². The predicted octanol–water partition coefficient (Wildman–Crippen LogP) is 1.29. The number of dihydropyridines is 1. The molecule has 0 saturated heterocycles. The summed E-state index contributed by atoms with van der Waals surface area (Å²) in [4.78, 5) is 64.6. The second-order valence-corrected chi connectivity index (χ2v) is 10.1. The van der Waals surface area contributed by atoms with E-state index in [0.717, 1.165) is 11.1 Å². The van der Waals surface area contributed by atoms with Gasteiger partial charge in [0.05, 0.1) is 6.04 Å². The van der Waals surface area contributed by atoms with Gasteiger partial charge in [0.2, 0.25) is 17.6 Å². The molecule has 41 heavy (non-hydrogen) atoms. The lowest BCUT2D eigenvalue weighted by Gasteiger charge is -2.25. The lowest BCUT2D eigenvalue weighted by atomic mass is 9.98. The first kappa shape index (κ1) is 30.8. The number of hydrogen-bond donors (Lipinski definition) is 5. The van der Waals surface area contributed by atoms with E-state index in [4.69, 9.17) is 0 Å². The summed E-state index contributed by atoms with van der Waals surface area (Å²) in [7, 11) is 0. The first-order valence-corrected chi connectivity index (χ1v) is 13.6. The van der Waals surface area contributed by atoms with Gasteiger partial charge in [0.15, 0.2) is 0 Å². The highest BCUT2D eigenvalue weighted by Gasteiger charge is 2.32. The summed E-state index contributed by atoms with van der Waals surface area (Å²) >= 11 is 0. The van der Waals surface area contributed by atoms with Crippen LogP contribution in [0.5, 0.6) is 0 Å². The van der Waals surface area contributed by atoms with Gasteiger partial charge in [0.25, 0.3) is 11.8 Å². The first-order valence-electron chi connectivity index (χ1n) is 13.6. The average molecular weight is 560 g/mol. The second kappa shape index (κ2) is 15.2. The van der Waals surface area contributed by atoms with Gasteiger partial charge in [-0.2, -0.15) is 0 Å². The fourth-order valence-corrected chi connectivity index (χ4v) is 4.12. The van der Waals surface area contributed by atoms with Crippen molar-refractivity contribution < 1.29 is 24.0 Å². The summed E-state index contributed by atoms with van der Waals surface area (Å²) in [5.41, 5.74) is 2.08. The molecular formula is C31H37N5O5. The number of nitrogens with one attached hydrogen (secondary N) is 5. The Bertz CT molecular complexity index is 1290. The summed E-state index contributed by atoms with van der Waals surface area (Å²) in [5, 5.41) is 13.6. The Morgan fingerprint density at radius 2 is 1.44 bits per heavy atom. The zero-order valence-corrected chi connectivity index (χ0v) is 23.5. The zero-order valence-electron chi connectivity index (χ0n) is 23.5. The molecule has 0 aromatic heterocycles. The molecule has 0 fully saturated rings. The van der Waals surface area contributed by atoms with Crippen LogP contribution >= 0.6 is 0 Å². The summed E-state index contributed by atoms with van der Waals surface area (Å²) in [5.74, 6) is -3.57. The van der Waals surface area contributed by atoms with E-state index >= 15 is 0 Å². The number of hydrogen-bond acceptors (Lipinski definition) is 6. The summed E-state index contributed by atoms with van der Waals surface area (Å²) < 4.78 is 0. The van der Waals surface area contributed by atoms with Gasteiger partial charge >= 0.3 is 0 Å². The molecule has 1 aliphatic rings. The number of Topliss-reactive ketones (excluding diaryl/α,β-unsaturated/α-hetero) is 1. The molecule has 3 rings (SSSR count). The molecule has 216 valence electrons. The molecule has 0 radical (unpaired) electrons. The van der Waals surface area contributed by atoms with Crippen molar-refractivity contribution in [2.75, 3.05) is 6.54 Å². The van der Waals surface area contributed by atoms with Crippen molar-refractivity contribution in [2.24, 2.45) is 5.92 Å². The molecule has 3 atom stereocenters. The Morgan fingerprint density at radius 3 is 2.02 bits per heavy atom. The van der Waals surface area contributed by atoms with E-state index in [1.807, 2.05) is 60.7 Å². The van der Waals surface area contributed by atoms with Crippen LogP contribution in [-0.2, 0) is 36.9 Å². The lowest BCUT2D eigenvalue weighted by molar-refractivity contribution is -0.141. The topological polar surface area (TPSA) is 146 Å². The van der Waals surface area contributed by atoms with Crippen molar-refractivity contribution in [3.8, 4) is 0 Å². The number of carbonyl (C=O) groups is 5. The summed E-state index contributed by atoms with van der Waals surface area (Å²) in [6.45, 7) is 5.57. The molecule has 0 unspecified atom stereocenters. The predicted molar refractivity (Wildman–Crippen MR) is 155 cm³/mol. The van der Waals surface area contributed by atoms with Crippen molar-refractivity contribution in [1.82, 2.24) is 26.6 Å². The third-order valence-corrected chi connectivity index (χ3v) is 6.51. The minimum atomic E-state index is -1.09. The van der Waals surface area contributed by atoms with Crippen LogP contribution in [-0.4, -0.2) is 54.1 Å². The maximum absolute atomic E-state index is 13.3. The molecule has 2 aromatic carbocycles. The van der Waals surface area contributed by atoms with Crippen LogP contribution in [0.25, 0.3) is 0 Å². The molecule has 0 saturated carbocycles. The van der Waals surface area contributed by atoms with E-state index in [0.29, 0.717) is 12.1 Å². The van der Waals surface area contributed by atoms with E-state index in [2.05, 4.69) is 26.6 Å². The summed E-state index contributed by atoms with van der Waals surface area (Å²) in [6.07, 6.45) is 5.19. The van der Waals surface area contributed by atoms with Crippen molar-refractivity contribution >= 4 is 29.4 Å². The van der Waals surface area contributed by atoms with E-state index < -0.39 is 47.5 Å². The maximum atomic E-state index is 13.3. The quantitative estimate of drug-likeness (QED) is 0.234. The third-order valence-electron chi connectivity index (χ3n) is 6.51. The molecule has 10 heteroatoms. The zero-order chi connectivity index (χ0) is 29.8. The van der Waals surface area contributed by atoms with E-state index in [-0.39, 0.29) is 18.9 Å². The van der Waals surface area contributed by atoms with E-state index in [9.17, 15) is 24.0 Å².